The van der Waals surface area contributed by atoms with E-state index in [2.05, 4.69) is 32.8 Å². The first kappa shape index (κ1) is 20.6. The van der Waals surface area contributed by atoms with E-state index in [1.807, 2.05) is 11.4 Å². The first-order valence-electron chi connectivity index (χ1n) is 10.9. The Morgan fingerprint density at radius 2 is 2.21 bits per heavy atom. The number of rotatable bonds is 8. The summed E-state index contributed by atoms with van der Waals surface area (Å²) in [4.78, 5) is 16.1. The predicted octanol–water partition coefficient (Wildman–Crippen LogP) is 3.20. The SMILES string of the molecule is O=C(C[C@H]1CCNC[C@@H]1Cc1cc(CN2CCCCC2)on1)NCc1cccs1. The lowest BCUT2D eigenvalue weighted by Crippen LogP contribution is -2.40. The minimum absolute atomic E-state index is 0.154. The molecule has 2 fully saturated rings. The fourth-order valence-electron chi connectivity index (χ4n) is 4.53. The number of carbonyl (C=O) groups excluding carboxylic acids is 1. The van der Waals surface area contributed by atoms with Gasteiger partial charge in [-0.25, -0.2) is 0 Å². The van der Waals surface area contributed by atoms with Crippen molar-refractivity contribution >= 4 is 17.2 Å². The van der Waals surface area contributed by atoms with Crippen molar-refractivity contribution in [3.8, 4) is 0 Å². The van der Waals surface area contributed by atoms with Crippen molar-refractivity contribution in [3.05, 3.63) is 39.9 Å². The van der Waals surface area contributed by atoms with Gasteiger partial charge in [-0.15, -0.1) is 11.3 Å². The number of carbonyl (C=O) groups is 1. The molecule has 29 heavy (non-hydrogen) atoms. The first-order valence-corrected chi connectivity index (χ1v) is 11.8. The molecule has 2 aromatic heterocycles. The van der Waals surface area contributed by atoms with Crippen LogP contribution in [-0.4, -0.2) is 42.1 Å². The van der Waals surface area contributed by atoms with Gasteiger partial charge >= 0.3 is 0 Å². The molecule has 0 bridgehead atoms. The molecule has 2 aliphatic rings. The molecule has 0 radical (unpaired) electrons. The summed E-state index contributed by atoms with van der Waals surface area (Å²) in [6, 6.07) is 6.20. The van der Waals surface area contributed by atoms with Crippen LogP contribution in [0.1, 0.15) is 48.4 Å². The van der Waals surface area contributed by atoms with Gasteiger partial charge in [0.05, 0.1) is 18.8 Å². The van der Waals surface area contributed by atoms with Crippen molar-refractivity contribution in [2.24, 2.45) is 11.8 Å². The fraction of sp³-hybridized carbons (Fsp3) is 0.636. The molecule has 0 unspecified atom stereocenters. The number of aromatic nitrogens is 1. The van der Waals surface area contributed by atoms with Crippen molar-refractivity contribution in [1.82, 2.24) is 20.7 Å². The monoisotopic (exact) mass is 416 g/mol. The van der Waals surface area contributed by atoms with Crippen LogP contribution in [0.4, 0.5) is 0 Å². The molecule has 7 heteroatoms. The molecule has 158 valence electrons. The molecule has 2 N–H and O–H groups in total. The van der Waals surface area contributed by atoms with Gasteiger partial charge in [0.15, 0.2) is 5.76 Å². The molecule has 0 aromatic carbocycles. The Kier molecular flexibility index (Phi) is 7.35. The summed E-state index contributed by atoms with van der Waals surface area (Å²) >= 11 is 1.68. The highest BCUT2D eigenvalue weighted by Gasteiger charge is 2.28. The summed E-state index contributed by atoms with van der Waals surface area (Å²) in [5, 5.41) is 12.9. The minimum atomic E-state index is 0.154. The average Bonchev–Trinajstić information content (AvgIpc) is 3.41. The van der Waals surface area contributed by atoms with Gasteiger partial charge in [-0.05, 0) is 75.1 Å². The molecule has 2 atom stereocenters. The van der Waals surface area contributed by atoms with Crippen molar-refractivity contribution < 1.29 is 9.32 Å². The van der Waals surface area contributed by atoms with Crippen LogP contribution in [0.5, 0.6) is 0 Å². The fourth-order valence-corrected chi connectivity index (χ4v) is 5.17. The maximum Gasteiger partial charge on any atom is 0.220 e. The van der Waals surface area contributed by atoms with Gasteiger partial charge in [-0.1, -0.05) is 17.6 Å². The molecule has 0 aliphatic carbocycles. The van der Waals surface area contributed by atoms with Crippen molar-refractivity contribution in [2.75, 3.05) is 26.2 Å². The molecule has 4 heterocycles. The van der Waals surface area contributed by atoms with Crippen LogP contribution in [-0.2, 0) is 24.3 Å². The van der Waals surface area contributed by atoms with Crippen LogP contribution in [0.25, 0.3) is 0 Å². The number of amides is 1. The standard InChI is InChI=1S/C22H32N4O2S/c27-22(24-15-21-5-4-10-29-21)12-17-6-7-23-14-18(17)11-19-13-20(28-25-19)16-26-8-2-1-3-9-26/h4-5,10,13,17-18,23H,1-3,6-9,11-12,14-16H2,(H,24,27)/t17-,18+/m1/s1. The van der Waals surface area contributed by atoms with Crippen LogP contribution in [0.15, 0.2) is 28.1 Å². The number of hydrogen-bond acceptors (Lipinski definition) is 6. The zero-order valence-electron chi connectivity index (χ0n) is 17.1. The third-order valence-corrected chi connectivity index (χ3v) is 7.04. The second kappa shape index (κ2) is 10.4. The zero-order chi connectivity index (χ0) is 19.9. The van der Waals surface area contributed by atoms with Crippen molar-refractivity contribution in [2.45, 2.75) is 51.6 Å². The van der Waals surface area contributed by atoms with Gasteiger partial charge in [0.2, 0.25) is 5.91 Å². The number of nitrogens with zero attached hydrogens (tertiary/aromatic N) is 2. The molecule has 0 spiro atoms. The van der Waals surface area contributed by atoms with E-state index in [0.717, 1.165) is 57.0 Å². The normalized spacial score (nSPS) is 23.2. The van der Waals surface area contributed by atoms with Crippen molar-refractivity contribution in [1.29, 1.82) is 0 Å². The quantitative estimate of drug-likeness (QED) is 0.692. The van der Waals surface area contributed by atoms with Crippen LogP contribution in [0, 0.1) is 11.8 Å². The summed E-state index contributed by atoms with van der Waals surface area (Å²) in [6.07, 6.45) is 6.41. The highest BCUT2D eigenvalue weighted by molar-refractivity contribution is 7.09. The molecule has 0 saturated carbocycles. The minimum Gasteiger partial charge on any atom is -0.360 e. The molecule has 6 nitrogen and oxygen atoms in total. The highest BCUT2D eigenvalue weighted by atomic mass is 32.1. The smallest absolute Gasteiger partial charge is 0.220 e. The Morgan fingerprint density at radius 3 is 3.03 bits per heavy atom. The number of nitrogens with one attached hydrogen (secondary N) is 2. The van der Waals surface area contributed by atoms with Gasteiger partial charge in [-0.3, -0.25) is 9.69 Å². The van der Waals surface area contributed by atoms with E-state index < -0.39 is 0 Å². The zero-order valence-corrected chi connectivity index (χ0v) is 17.9. The van der Waals surface area contributed by atoms with E-state index in [-0.39, 0.29) is 5.91 Å². The number of thiophene rings is 1. The van der Waals surface area contributed by atoms with E-state index in [1.165, 1.54) is 24.1 Å². The molecular weight excluding hydrogens is 384 g/mol. The Bertz CT molecular complexity index is 755. The molecular formula is C22H32N4O2S. The maximum atomic E-state index is 12.5. The average molecular weight is 417 g/mol. The Hall–Kier alpha value is -1.70. The van der Waals surface area contributed by atoms with Crippen molar-refractivity contribution in [3.63, 3.8) is 0 Å². The van der Waals surface area contributed by atoms with Gasteiger partial charge < -0.3 is 15.2 Å². The van der Waals surface area contributed by atoms with E-state index in [9.17, 15) is 4.79 Å². The van der Waals surface area contributed by atoms with Crippen LogP contribution in [0.3, 0.4) is 0 Å². The summed E-state index contributed by atoms with van der Waals surface area (Å²) in [6.45, 7) is 5.74. The summed E-state index contributed by atoms with van der Waals surface area (Å²) < 4.78 is 5.61. The third kappa shape index (κ3) is 6.14. The molecule has 2 aliphatic heterocycles. The summed E-state index contributed by atoms with van der Waals surface area (Å²) in [7, 11) is 0. The lowest BCUT2D eigenvalue weighted by Gasteiger charge is -2.31. The van der Waals surface area contributed by atoms with E-state index in [1.54, 1.807) is 11.3 Å². The number of hydrogen-bond donors (Lipinski definition) is 2. The lowest BCUT2D eigenvalue weighted by atomic mass is 9.81. The van der Waals surface area contributed by atoms with Gasteiger partial charge in [0, 0.05) is 17.4 Å². The highest BCUT2D eigenvalue weighted by Crippen LogP contribution is 2.26. The van der Waals surface area contributed by atoms with Crippen LogP contribution in [0.2, 0.25) is 0 Å². The Labute approximate surface area is 177 Å². The second-order valence-electron chi connectivity index (χ2n) is 8.40. The molecule has 4 rings (SSSR count). The van der Waals surface area contributed by atoms with E-state index in [0.29, 0.717) is 24.8 Å². The molecule has 2 aromatic rings. The summed E-state index contributed by atoms with van der Waals surface area (Å²) in [5.41, 5.74) is 1.02. The lowest BCUT2D eigenvalue weighted by molar-refractivity contribution is -0.122. The van der Waals surface area contributed by atoms with Gasteiger partial charge in [-0.2, -0.15) is 0 Å². The first-order chi connectivity index (χ1) is 14.3. The third-order valence-electron chi connectivity index (χ3n) is 6.16. The molecule has 1 amide bonds. The van der Waals surface area contributed by atoms with Gasteiger partial charge in [0.25, 0.3) is 0 Å². The second-order valence-corrected chi connectivity index (χ2v) is 9.43. The topological polar surface area (TPSA) is 70.4 Å². The van der Waals surface area contributed by atoms with Crippen LogP contribution < -0.4 is 10.6 Å². The molecule has 2 saturated heterocycles. The predicted molar refractivity (Wildman–Crippen MR) is 115 cm³/mol. The number of piperidine rings is 2. The largest absolute Gasteiger partial charge is 0.360 e. The number of likely N-dealkylation sites (tertiary alicyclic amines) is 1. The summed E-state index contributed by atoms with van der Waals surface area (Å²) in [5.74, 6) is 1.93. The Balaban J connectivity index is 1.27. The van der Waals surface area contributed by atoms with E-state index in [4.69, 9.17) is 4.52 Å². The van der Waals surface area contributed by atoms with E-state index >= 15 is 0 Å². The Morgan fingerprint density at radius 1 is 1.31 bits per heavy atom. The van der Waals surface area contributed by atoms with Gasteiger partial charge in [0.1, 0.15) is 0 Å². The maximum absolute atomic E-state index is 12.5. The van der Waals surface area contributed by atoms with Crippen LogP contribution >= 0.6 is 11.3 Å².